The van der Waals surface area contributed by atoms with E-state index in [0.29, 0.717) is 17.0 Å². The van der Waals surface area contributed by atoms with Crippen molar-refractivity contribution in [1.29, 1.82) is 0 Å². The highest BCUT2D eigenvalue weighted by atomic mass is 16.6. The number of aromatic hydroxyl groups is 2. The molecule has 4 atom stereocenters. The van der Waals surface area contributed by atoms with Gasteiger partial charge in [-0.05, 0) is 0 Å². The first-order valence-electron chi connectivity index (χ1n) is 8.03. The molecule has 144 valence electrons. The number of ether oxygens (including phenoxy) is 1. The molecule has 12 heteroatoms. The van der Waals surface area contributed by atoms with Crippen LogP contribution in [0.5, 0.6) is 11.5 Å². The first kappa shape index (κ1) is 17.5. The molecule has 4 heterocycles. The van der Waals surface area contributed by atoms with E-state index in [-0.39, 0.29) is 23.8 Å². The molecule has 12 nitrogen and oxygen atoms in total. The first-order valence-corrected chi connectivity index (χ1v) is 8.03. The van der Waals surface area contributed by atoms with Gasteiger partial charge in [0.05, 0.1) is 19.5 Å². The van der Waals surface area contributed by atoms with Gasteiger partial charge in [-0.15, -0.1) is 0 Å². The van der Waals surface area contributed by atoms with Crippen molar-refractivity contribution in [2.24, 2.45) is 0 Å². The maximum absolute atomic E-state index is 10.2. The topological polar surface area (TPSA) is 179 Å². The highest BCUT2D eigenvalue weighted by Crippen LogP contribution is 2.33. The zero-order valence-corrected chi connectivity index (χ0v) is 13.8. The number of aromatic nitrogens is 4. The van der Waals surface area contributed by atoms with Crippen molar-refractivity contribution in [2.75, 3.05) is 11.9 Å². The van der Waals surface area contributed by atoms with E-state index in [4.69, 9.17) is 9.15 Å². The molecule has 0 aromatic carbocycles. The van der Waals surface area contributed by atoms with Gasteiger partial charge in [0.1, 0.15) is 30.9 Å². The summed E-state index contributed by atoms with van der Waals surface area (Å²) in [5.41, 5.74) is 0.680. The number of furan rings is 1. The predicted octanol–water partition coefficient (Wildman–Crippen LogP) is -0.946. The van der Waals surface area contributed by atoms with Crippen LogP contribution >= 0.6 is 0 Å². The minimum Gasteiger partial charge on any atom is -0.502 e. The molecule has 0 spiro atoms. The van der Waals surface area contributed by atoms with Gasteiger partial charge in [0.25, 0.3) is 0 Å². The number of hydrogen-bond acceptors (Lipinski definition) is 11. The van der Waals surface area contributed by atoms with E-state index in [2.05, 4.69) is 20.3 Å². The van der Waals surface area contributed by atoms with Gasteiger partial charge in [-0.1, -0.05) is 0 Å². The molecule has 1 saturated heterocycles. The number of nitrogens with one attached hydrogen (secondary N) is 1. The Kier molecular flexibility index (Phi) is 4.31. The smallest absolute Gasteiger partial charge is 0.201 e. The van der Waals surface area contributed by atoms with E-state index in [9.17, 15) is 25.5 Å². The van der Waals surface area contributed by atoms with E-state index in [0.717, 1.165) is 6.26 Å². The summed E-state index contributed by atoms with van der Waals surface area (Å²) in [5, 5.41) is 51.2. The Bertz CT molecular complexity index is 957. The largest absolute Gasteiger partial charge is 0.502 e. The van der Waals surface area contributed by atoms with Gasteiger partial charge in [-0.2, -0.15) is 0 Å². The predicted molar refractivity (Wildman–Crippen MR) is 87.7 cm³/mol. The second-order valence-corrected chi connectivity index (χ2v) is 6.02. The van der Waals surface area contributed by atoms with Crippen molar-refractivity contribution in [3.63, 3.8) is 0 Å². The van der Waals surface area contributed by atoms with Gasteiger partial charge in [-0.25, -0.2) is 15.0 Å². The monoisotopic (exact) mass is 379 g/mol. The summed E-state index contributed by atoms with van der Waals surface area (Å²) in [6, 6.07) is 0. The summed E-state index contributed by atoms with van der Waals surface area (Å²) in [6.45, 7) is -0.415. The van der Waals surface area contributed by atoms with Crippen LogP contribution in [-0.2, 0) is 11.3 Å². The molecule has 0 amide bonds. The van der Waals surface area contributed by atoms with Gasteiger partial charge < -0.3 is 40.0 Å². The molecule has 27 heavy (non-hydrogen) atoms. The molecule has 3 aromatic rings. The molecule has 3 aromatic heterocycles. The third-order valence-corrected chi connectivity index (χ3v) is 4.39. The minimum atomic E-state index is -1.27. The Hall–Kier alpha value is -2.93. The third kappa shape index (κ3) is 2.84. The van der Waals surface area contributed by atoms with Crippen molar-refractivity contribution >= 4 is 17.0 Å². The lowest BCUT2D eigenvalue weighted by molar-refractivity contribution is -0.0511. The number of fused-ring (bicyclic) bond motifs is 1. The lowest BCUT2D eigenvalue weighted by Gasteiger charge is -2.16. The van der Waals surface area contributed by atoms with Crippen molar-refractivity contribution in [1.82, 2.24) is 19.5 Å². The van der Waals surface area contributed by atoms with E-state index >= 15 is 0 Å². The van der Waals surface area contributed by atoms with Gasteiger partial charge in [0.15, 0.2) is 34.7 Å². The molecule has 0 bridgehead atoms. The third-order valence-electron chi connectivity index (χ3n) is 4.39. The Morgan fingerprint density at radius 3 is 2.63 bits per heavy atom. The molecule has 0 aliphatic carbocycles. The fraction of sp³-hybridized carbons (Fsp3) is 0.400. The SMILES string of the molecule is OC[C@H]1OC(n2cnc3c(NCc4occ(O)c4O)ncnc32)[C@@H](O)[C@@H]1O. The van der Waals surface area contributed by atoms with Gasteiger partial charge in [0.2, 0.25) is 5.75 Å². The van der Waals surface area contributed by atoms with Crippen LogP contribution in [0.15, 0.2) is 23.3 Å². The van der Waals surface area contributed by atoms with Crippen molar-refractivity contribution < 1.29 is 34.7 Å². The van der Waals surface area contributed by atoms with E-state index in [1.165, 1.54) is 17.2 Å². The number of anilines is 1. The zero-order valence-electron chi connectivity index (χ0n) is 13.8. The standard InChI is InChI=1S/C15H17N5O7/c21-2-8-11(24)12(25)15(27-8)20-5-19-9-13(17-4-18-14(9)20)16-1-7-10(23)6(22)3-26-7/h3-5,8,11-12,15,21-25H,1-2H2,(H,16,17,18)/t8-,11-,12+,15?/m1/s1. The molecule has 0 radical (unpaired) electrons. The van der Waals surface area contributed by atoms with Crippen LogP contribution in [0.25, 0.3) is 11.2 Å². The Balaban J connectivity index is 1.61. The second kappa shape index (κ2) is 6.66. The Labute approximate surface area is 151 Å². The lowest BCUT2D eigenvalue weighted by atomic mass is 10.1. The van der Waals surface area contributed by atoms with Crippen molar-refractivity contribution in [3.05, 3.63) is 24.7 Å². The highest BCUT2D eigenvalue weighted by molar-refractivity contribution is 5.82. The van der Waals surface area contributed by atoms with E-state index in [1.54, 1.807) is 0 Å². The number of imidazole rings is 1. The van der Waals surface area contributed by atoms with Crippen LogP contribution in [-0.4, -0.2) is 70.0 Å². The number of hydrogen-bond donors (Lipinski definition) is 6. The summed E-state index contributed by atoms with van der Waals surface area (Å²) >= 11 is 0. The van der Waals surface area contributed by atoms with Crippen LogP contribution in [0.3, 0.4) is 0 Å². The lowest BCUT2D eigenvalue weighted by Crippen LogP contribution is -2.33. The van der Waals surface area contributed by atoms with Crippen molar-refractivity contribution in [3.8, 4) is 11.5 Å². The van der Waals surface area contributed by atoms with Crippen molar-refractivity contribution in [2.45, 2.75) is 31.1 Å². The van der Waals surface area contributed by atoms with Crippen LogP contribution < -0.4 is 5.32 Å². The normalized spacial score (nSPS) is 25.3. The highest BCUT2D eigenvalue weighted by Gasteiger charge is 2.44. The Morgan fingerprint density at radius 2 is 1.96 bits per heavy atom. The maximum atomic E-state index is 10.2. The average molecular weight is 379 g/mol. The first-order chi connectivity index (χ1) is 13.0. The molecule has 1 aliphatic heterocycles. The summed E-state index contributed by atoms with van der Waals surface area (Å²) in [7, 11) is 0. The summed E-state index contributed by atoms with van der Waals surface area (Å²) in [6.07, 6.45) is -0.754. The molecule has 1 unspecified atom stereocenters. The maximum Gasteiger partial charge on any atom is 0.201 e. The number of nitrogens with zero attached hydrogens (tertiary/aromatic N) is 4. The molecule has 4 rings (SSSR count). The Morgan fingerprint density at radius 1 is 1.15 bits per heavy atom. The molecule has 1 aliphatic rings. The molecular weight excluding hydrogens is 362 g/mol. The molecule has 0 saturated carbocycles. The van der Waals surface area contributed by atoms with Crippen LogP contribution in [0.1, 0.15) is 12.0 Å². The van der Waals surface area contributed by atoms with E-state index < -0.39 is 31.1 Å². The van der Waals surface area contributed by atoms with Crippen LogP contribution in [0.2, 0.25) is 0 Å². The fourth-order valence-corrected chi connectivity index (χ4v) is 2.95. The summed E-state index contributed by atoms with van der Waals surface area (Å²) in [4.78, 5) is 12.4. The number of aliphatic hydroxyl groups excluding tert-OH is 3. The molecular formula is C15H17N5O7. The van der Waals surface area contributed by atoms with Gasteiger partial charge in [-0.3, -0.25) is 4.57 Å². The molecule has 6 N–H and O–H groups in total. The zero-order chi connectivity index (χ0) is 19.1. The number of rotatable bonds is 5. The van der Waals surface area contributed by atoms with Gasteiger partial charge in [0, 0.05) is 0 Å². The second-order valence-electron chi connectivity index (χ2n) is 6.02. The minimum absolute atomic E-state index is 0.0270. The molecule has 1 fully saturated rings. The number of aliphatic hydroxyl groups is 3. The van der Waals surface area contributed by atoms with Crippen LogP contribution in [0, 0.1) is 0 Å². The average Bonchev–Trinajstić information content (AvgIpc) is 3.32. The summed E-state index contributed by atoms with van der Waals surface area (Å²) in [5.74, 6) is -0.305. The fourth-order valence-electron chi connectivity index (χ4n) is 2.95. The quantitative estimate of drug-likeness (QED) is 0.322. The van der Waals surface area contributed by atoms with Crippen LogP contribution in [0.4, 0.5) is 5.82 Å². The summed E-state index contributed by atoms with van der Waals surface area (Å²) < 4.78 is 12.0. The van der Waals surface area contributed by atoms with Gasteiger partial charge >= 0.3 is 0 Å². The van der Waals surface area contributed by atoms with E-state index in [1.807, 2.05) is 0 Å².